The molecule has 1 aliphatic heterocycles. The Kier molecular flexibility index (Phi) is 6.49. The van der Waals surface area contributed by atoms with E-state index < -0.39 is 0 Å². The monoisotopic (exact) mass is 317 g/mol. The maximum absolute atomic E-state index is 10.4. The van der Waals surface area contributed by atoms with Gasteiger partial charge in [0.1, 0.15) is 0 Å². The van der Waals surface area contributed by atoms with Crippen molar-refractivity contribution in [2.75, 3.05) is 26.2 Å². The van der Waals surface area contributed by atoms with E-state index in [1.807, 2.05) is 0 Å². The van der Waals surface area contributed by atoms with Crippen molar-refractivity contribution >= 4 is 0 Å². The average molecular weight is 317 g/mol. The molecule has 1 aromatic carbocycles. The molecule has 2 aliphatic rings. The Bertz CT molecular complexity index is 468. The van der Waals surface area contributed by atoms with Crippen LogP contribution in [-0.2, 0) is 11.2 Å². The van der Waals surface area contributed by atoms with Crippen molar-refractivity contribution < 1.29 is 9.84 Å². The zero-order valence-electron chi connectivity index (χ0n) is 14.3. The van der Waals surface area contributed by atoms with Gasteiger partial charge in [-0.3, -0.25) is 0 Å². The highest BCUT2D eigenvalue weighted by Crippen LogP contribution is 2.32. The van der Waals surface area contributed by atoms with Gasteiger partial charge in [0.2, 0.25) is 0 Å². The zero-order chi connectivity index (χ0) is 15.9. The van der Waals surface area contributed by atoms with Crippen molar-refractivity contribution in [1.29, 1.82) is 0 Å². The maximum Gasteiger partial charge on any atom is 0.0900 e. The number of benzene rings is 1. The second-order valence-electron chi connectivity index (χ2n) is 7.14. The second-order valence-corrected chi connectivity index (χ2v) is 7.14. The molecule has 0 saturated carbocycles. The van der Waals surface area contributed by atoms with E-state index >= 15 is 0 Å². The van der Waals surface area contributed by atoms with E-state index in [4.69, 9.17) is 4.74 Å². The number of aryl methyl sites for hydroxylation is 1. The van der Waals surface area contributed by atoms with Gasteiger partial charge in [0.05, 0.1) is 18.8 Å². The van der Waals surface area contributed by atoms with Crippen LogP contribution in [-0.4, -0.2) is 42.4 Å². The number of aliphatic hydroxyl groups is 1. The highest BCUT2D eigenvalue weighted by atomic mass is 16.5. The van der Waals surface area contributed by atoms with E-state index in [0.29, 0.717) is 6.61 Å². The molecule has 0 aromatic heterocycles. The predicted octanol–water partition coefficient (Wildman–Crippen LogP) is 3.71. The molecule has 1 heterocycles. The number of nitrogens with zero attached hydrogens (tertiary/aromatic N) is 1. The Hall–Kier alpha value is -0.900. The Labute approximate surface area is 140 Å². The normalized spacial score (nSPS) is 24.5. The lowest BCUT2D eigenvalue weighted by atomic mass is 9.89. The lowest BCUT2D eigenvalue weighted by Crippen LogP contribution is -2.37. The summed E-state index contributed by atoms with van der Waals surface area (Å²) in [6.45, 7) is 3.47. The van der Waals surface area contributed by atoms with Crippen LogP contribution in [0, 0.1) is 0 Å². The van der Waals surface area contributed by atoms with Crippen LogP contribution < -0.4 is 0 Å². The number of hydrogen-bond acceptors (Lipinski definition) is 3. The number of rotatable bonds is 5. The molecule has 3 nitrogen and oxygen atoms in total. The molecule has 1 N–H and O–H groups in total. The number of β-amino-alcohol motifs (C(OH)–C–C–N with tert-alkyl or cyclic N) is 1. The zero-order valence-corrected chi connectivity index (χ0v) is 14.3. The molecular weight excluding hydrogens is 286 g/mol. The Balaban J connectivity index is 1.46. The van der Waals surface area contributed by atoms with Crippen LogP contribution >= 0.6 is 0 Å². The summed E-state index contributed by atoms with van der Waals surface area (Å²) in [5, 5.41) is 10.4. The molecule has 1 fully saturated rings. The highest BCUT2D eigenvalue weighted by Gasteiger charge is 2.22. The van der Waals surface area contributed by atoms with Crippen LogP contribution in [0.2, 0.25) is 0 Å². The van der Waals surface area contributed by atoms with Gasteiger partial charge in [-0.2, -0.15) is 0 Å². The minimum atomic E-state index is -0.372. The fraction of sp³-hybridized carbons (Fsp3) is 0.700. The molecule has 1 aliphatic carbocycles. The van der Waals surface area contributed by atoms with E-state index in [-0.39, 0.29) is 12.2 Å². The van der Waals surface area contributed by atoms with Crippen molar-refractivity contribution in [1.82, 2.24) is 4.90 Å². The molecule has 0 amide bonds. The van der Waals surface area contributed by atoms with Gasteiger partial charge >= 0.3 is 0 Å². The first kappa shape index (κ1) is 16.9. The summed E-state index contributed by atoms with van der Waals surface area (Å²) in [6.07, 6.45) is 9.80. The highest BCUT2D eigenvalue weighted by molar-refractivity contribution is 5.31. The molecule has 1 aromatic rings. The van der Waals surface area contributed by atoms with Crippen molar-refractivity contribution in [2.45, 2.75) is 63.6 Å². The van der Waals surface area contributed by atoms with E-state index in [2.05, 4.69) is 29.2 Å². The SMILES string of the molecule is OC(COC1CCCc2ccccc21)CN1CCCCCCC1. The van der Waals surface area contributed by atoms with Crippen LogP contribution in [0.4, 0.5) is 0 Å². The molecule has 2 unspecified atom stereocenters. The molecular formula is C20H31NO2. The lowest BCUT2D eigenvalue weighted by molar-refractivity contribution is -0.0286. The molecule has 128 valence electrons. The third-order valence-electron chi connectivity index (χ3n) is 5.22. The fourth-order valence-electron chi connectivity index (χ4n) is 3.96. The molecule has 23 heavy (non-hydrogen) atoms. The van der Waals surface area contributed by atoms with Gasteiger partial charge in [0.25, 0.3) is 0 Å². The molecule has 3 heteroatoms. The first-order valence-electron chi connectivity index (χ1n) is 9.43. The standard InChI is InChI=1S/C20H31NO2/c22-18(15-21-13-6-2-1-3-7-14-21)16-23-20-12-8-10-17-9-4-5-11-19(17)20/h4-5,9,11,18,20,22H,1-3,6-8,10,12-16H2. The third kappa shape index (κ3) is 5.03. The number of aliphatic hydroxyl groups excluding tert-OH is 1. The Morgan fingerprint density at radius 3 is 2.61 bits per heavy atom. The summed E-state index contributed by atoms with van der Waals surface area (Å²) < 4.78 is 6.09. The molecule has 0 radical (unpaired) electrons. The molecule has 0 spiro atoms. The van der Waals surface area contributed by atoms with E-state index in [1.54, 1.807) is 0 Å². The van der Waals surface area contributed by atoms with Gasteiger partial charge in [0.15, 0.2) is 0 Å². The van der Waals surface area contributed by atoms with Gasteiger partial charge in [-0.1, -0.05) is 43.5 Å². The van der Waals surface area contributed by atoms with Crippen molar-refractivity contribution in [3.05, 3.63) is 35.4 Å². The quantitative estimate of drug-likeness (QED) is 0.898. The van der Waals surface area contributed by atoms with Gasteiger partial charge < -0.3 is 14.7 Å². The van der Waals surface area contributed by atoms with Gasteiger partial charge in [0, 0.05) is 6.54 Å². The molecule has 1 saturated heterocycles. The number of fused-ring (bicyclic) bond motifs is 1. The second kappa shape index (κ2) is 8.81. The van der Waals surface area contributed by atoms with Crippen molar-refractivity contribution in [3.63, 3.8) is 0 Å². The maximum atomic E-state index is 10.4. The Morgan fingerprint density at radius 1 is 1.04 bits per heavy atom. The number of ether oxygens (including phenoxy) is 1. The average Bonchev–Trinajstić information content (AvgIpc) is 2.55. The summed E-state index contributed by atoms with van der Waals surface area (Å²) in [7, 11) is 0. The number of likely N-dealkylation sites (tertiary alicyclic amines) is 1. The molecule has 3 rings (SSSR count). The van der Waals surface area contributed by atoms with E-state index in [9.17, 15) is 5.11 Å². The predicted molar refractivity (Wildman–Crippen MR) is 93.6 cm³/mol. The summed E-state index contributed by atoms with van der Waals surface area (Å²) in [4.78, 5) is 2.42. The van der Waals surface area contributed by atoms with E-state index in [0.717, 1.165) is 32.5 Å². The van der Waals surface area contributed by atoms with E-state index in [1.165, 1.54) is 49.7 Å². The first-order chi connectivity index (χ1) is 11.3. The minimum Gasteiger partial charge on any atom is -0.389 e. The van der Waals surface area contributed by atoms with Crippen molar-refractivity contribution in [2.24, 2.45) is 0 Å². The topological polar surface area (TPSA) is 32.7 Å². The first-order valence-corrected chi connectivity index (χ1v) is 9.43. The summed E-state index contributed by atoms with van der Waals surface area (Å²) in [6, 6.07) is 8.60. The summed E-state index contributed by atoms with van der Waals surface area (Å²) in [5.41, 5.74) is 2.75. The van der Waals surface area contributed by atoms with Crippen molar-refractivity contribution in [3.8, 4) is 0 Å². The summed E-state index contributed by atoms with van der Waals surface area (Å²) >= 11 is 0. The van der Waals surface area contributed by atoms with Gasteiger partial charge in [-0.25, -0.2) is 0 Å². The third-order valence-corrected chi connectivity index (χ3v) is 5.22. The minimum absolute atomic E-state index is 0.168. The largest absolute Gasteiger partial charge is 0.389 e. The Morgan fingerprint density at radius 2 is 1.78 bits per heavy atom. The molecule has 2 atom stereocenters. The van der Waals surface area contributed by atoms with Gasteiger partial charge in [-0.05, 0) is 56.3 Å². The number of hydrogen-bond donors (Lipinski definition) is 1. The summed E-state index contributed by atoms with van der Waals surface area (Å²) in [5.74, 6) is 0. The molecule has 0 bridgehead atoms. The van der Waals surface area contributed by atoms with Gasteiger partial charge in [-0.15, -0.1) is 0 Å². The van der Waals surface area contributed by atoms with Crippen LogP contribution in [0.1, 0.15) is 62.2 Å². The van der Waals surface area contributed by atoms with Crippen LogP contribution in [0.25, 0.3) is 0 Å². The van der Waals surface area contributed by atoms with Crippen LogP contribution in [0.3, 0.4) is 0 Å². The lowest BCUT2D eigenvalue weighted by Gasteiger charge is -2.29. The van der Waals surface area contributed by atoms with Crippen LogP contribution in [0.15, 0.2) is 24.3 Å². The van der Waals surface area contributed by atoms with Crippen LogP contribution in [0.5, 0.6) is 0 Å². The smallest absolute Gasteiger partial charge is 0.0900 e. The fourth-order valence-corrected chi connectivity index (χ4v) is 3.96.